The Hall–Kier alpha value is -4.15. The van der Waals surface area contributed by atoms with Crippen molar-refractivity contribution in [2.75, 3.05) is 0 Å². The van der Waals surface area contributed by atoms with Gasteiger partial charge in [-0.1, -0.05) is 150 Å². The van der Waals surface area contributed by atoms with Crippen molar-refractivity contribution in [2.24, 2.45) is 11.3 Å². The predicted molar refractivity (Wildman–Crippen MR) is 226 cm³/mol. The van der Waals surface area contributed by atoms with Crippen LogP contribution in [0.3, 0.4) is 0 Å². The number of aromatic nitrogens is 2. The fourth-order valence-electron chi connectivity index (χ4n) is 7.76. The fourth-order valence-corrected chi connectivity index (χ4v) is 9.35. The predicted octanol–water partition coefficient (Wildman–Crippen LogP) is 12.9. The Bertz CT molecular complexity index is 2300. The van der Waals surface area contributed by atoms with E-state index in [2.05, 4.69) is 143 Å². The minimum absolute atomic E-state index is 0. The monoisotopic (exact) mass is 905 g/mol. The van der Waals surface area contributed by atoms with Crippen LogP contribution in [0.15, 0.2) is 120 Å². The molecule has 0 aliphatic heterocycles. The molecule has 1 aliphatic rings. The summed E-state index contributed by atoms with van der Waals surface area (Å²) in [4.78, 5) is 9.35. The second kappa shape index (κ2) is 17.1. The van der Waals surface area contributed by atoms with Crippen molar-refractivity contribution in [2.45, 2.75) is 85.4 Å². The molecule has 1 saturated carbocycles. The van der Waals surface area contributed by atoms with Crippen LogP contribution in [0.4, 0.5) is 0 Å². The summed E-state index contributed by atoms with van der Waals surface area (Å²) >= 11 is 0. The van der Waals surface area contributed by atoms with Gasteiger partial charge in [0.15, 0.2) is 0 Å². The van der Waals surface area contributed by atoms with E-state index in [9.17, 15) is 0 Å². The van der Waals surface area contributed by atoms with Gasteiger partial charge in [0.05, 0.1) is 13.7 Å². The molecule has 0 bridgehead atoms. The summed E-state index contributed by atoms with van der Waals surface area (Å²) < 4.78 is 6.17. The molecule has 0 saturated heterocycles. The fraction of sp³-hybridized carbons (Fsp3) is 0.306. The molecular formula is C49H52IrN2OSi-2. The van der Waals surface area contributed by atoms with E-state index in [1.807, 2.05) is 30.5 Å². The first kappa shape index (κ1) is 39.5. The van der Waals surface area contributed by atoms with Crippen LogP contribution in [-0.2, 0) is 32.9 Å². The van der Waals surface area contributed by atoms with Crippen molar-refractivity contribution in [3.8, 4) is 33.6 Å². The van der Waals surface area contributed by atoms with E-state index in [1.54, 1.807) is 10.8 Å². The molecule has 7 aromatic rings. The summed E-state index contributed by atoms with van der Waals surface area (Å²) in [6, 6.07) is 42.4. The largest absolute Gasteiger partial charge is 0.476 e. The van der Waals surface area contributed by atoms with Gasteiger partial charge in [0.2, 0.25) is 0 Å². The van der Waals surface area contributed by atoms with Gasteiger partial charge in [-0.3, -0.25) is 0 Å². The number of furan rings is 1. The van der Waals surface area contributed by atoms with Gasteiger partial charge in [-0.2, -0.15) is 0 Å². The minimum Gasteiger partial charge on any atom is -0.476 e. The van der Waals surface area contributed by atoms with Crippen LogP contribution in [0.5, 0.6) is 0 Å². The molecule has 3 nitrogen and oxygen atoms in total. The first-order chi connectivity index (χ1) is 25.5. The zero-order valence-corrected chi connectivity index (χ0v) is 36.0. The number of rotatable bonds is 7. The molecule has 1 aliphatic carbocycles. The van der Waals surface area contributed by atoms with Gasteiger partial charge in [0.1, 0.15) is 5.58 Å². The Kier molecular flexibility index (Phi) is 12.5. The maximum Gasteiger partial charge on any atom is 0.123 e. The second-order valence-electron chi connectivity index (χ2n) is 17.1. The molecule has 5 heteroatoms. The molecule has 279 valence electrons. The Morgan fingerprint density at radius 1 is 0.722 bits per heavy atom. The van der Waals surface area contributed by atoms with Crippen molar-refractivity contribution in [1.29, 1.82) is 0 Å². The molecule has 3 heterocycles. The number of nitrogens with zero attached hydrogens (tertiary/aromatic N) is 2. The third kappa shape index (κ3) is 9.74. The van der Waals surface area contributed by atoms with Gasteiger partial charge in [-0.15, -0.1) is 53.6 Å². The quantitative estimate of drug-likeness (QED) is 0.118. The zero-order chi connectivity index (χ0) is 37.0. The first-order valence-electron chi connectivity index (χ1n) is 19.4. The van der Waals surface area contributed by atoms with Gasteiger partial charge in [0, 0.05) is 32.5 Å². The van der Waals surface area contributed by atoms with Crippen LogP contribution < -0.4 is 5.19 Å². The average molecular weight is 905 g/mol. The molecule has 8 rings (SSSR count). The number of benzene rings is 4. The van der Waals surface area contributed by atoms with Gasteiger partial charge in [-0.05, 0) is 69.4 Å². The SMILES string of the molecule is CC(C)(C)Cc1ccnc(-c2[c-]cc3c(c2)oc2ccc(-c4ccccc4)cc23)c1.C[Si](C)(C)c1cnc(-c2[c-]cccc2)cc1CC1CCCCC1.[Ir]. The summed E-state index contributed by atoms with van der Waals surface area (Å²) in [5.74, 6) is 0.869. The Morgan fingerprint density at radius 3 is 2.20 bits per heavy atom. The smallest absolute Gasteiger partial charge is 0.123 e. The van der Waals surface area contributed by atoms with E-state index < -0.39 is 8.07 Å². The molecule has 1 radical (unpaired) electrons. The number of pyridine rings is 2. The molecular weight excluding hydrogens is 853 g/mol. The molecule has 0 spiro atoms. The molecule has 0 unspecified atom stereocenters. The van der Waals surface area contributed by atoms with E-state index in [0.29, 0.717) is 0 Å². The maximum atomic E-state index is 6.17. The molecule has 3 aromatic heterocycles. The topological polar surface area (TPSA) is 38.9 Å². The molecule has 54 heavy (non-hydrogen) atoms. The van der Waals surface area contributed by atoms with Crippen LogP contribution >= 0.6 is 0 Å². The van der Waals surface area contributed by atoms with Crippen LogP contribution in [0.1, 0.15) is 64.0 Å². The van der Waals surface area contributed by atoms with E-state index in [-0.39, 0.29) is 25.5 Å². The van der Waals surface area contributed by atoms with Gasteiger partial charge < -0.3 is 14.4 Å². The van der Waals surface area contributed by atoms with Crippen LogP contribution in [0.2, 0.25) is 19.6 Å². The van der Waals surface area contributed by atoms with Crippen molar-refractivity contribution >= 4 is 35.2 Å². The van der Waals surface area contributed by atoms with E-state index in [4.69, 9.17) is 9.40 Å². The Labute approximate surface area is 337 Å². The van der Waals surface area contributed by atoms with Gasteiger partial charge in [0.25, 0.3) is 0 Å². The van der Waals surface area contributed by atoms with Crippen LogP contribution in [0, 0.1) is 23.5 Å². The normalized spacial score (nSPS) is 13.7. The van der Waals surface area contributed by atoms with Crippen LogP contribution in [0.25, 0.3) is 55.6 Å². The van der Waals surface area contributed by atoms with E-state index >= 15 is 0 Å². The molecule has 0 N–H and O–H groups in total. The number of fused-ring (bicyclic) bond motifs is 3. The summed E-state index contributed by atoms with van der Waals surface area (Å²) in [6.07, 6.45) is 13.4. The first-order valence-corrected chi connectivity index (χ1v) is 22.9. The minimum atomic E-state index is -1.36. The van der Waals surface area contributed by atoms with Crippen molar-refractivity contribution in [3.05, 3.63) is 139 Å². The summed E-state index contributed by atoms with van der Waals surface area (Å²) in [5, 5.41) is 3.74. The van der Waals surface area contributed by atoms with Crippen molar-refractivity contribution in [1.82, 2.24) is 9.97 Å². The Balaban J connectivity index is 0.000000187. The van der Waals surface area contributed by atoms with Gasteiger partial charge in [-0.25, -0.2) is 0 Å². The standard InChI is InChI=1S/C28H24NO.C21H28NSi.Ir/c1-28(2,3)18-19-13-14-29-25(15-19)22-9-11-23-24-16-21(20-7-5-4-6-8-20)10-12-26(24)30-27(23)17-22;1-23(2,3)21-16-22-20(18-12-8-5-9-13-18)15-19(21)14-17-10-6-4-7-11-17;/h4-8,10-17H,18H2,1-3H3;5,8-9,12,15-17H,4,6-7,10-11,14H2,1-3H3;/q2*-1;. The Morgan fingerprint density at radius 2 is 1.48 bits per heavy atom. The van der Waals surface area contributed by atoms with E-state index in [1.165, 1.54) is 55.2 Å². The van der Waals surface area contributed by atoms with E-state index in [0.717, 1.165) is 56.8 Å². The summed E-state index contributed by atoms with van der Waals surface area (Å²) in [5.41, 5.74) is 11.3. The number of hydrogen-bond acceptors (Lipinski definition) is 3. The average Bonchev–Trinajstić information content (AvgIpc) is 3.52. The molecule has 0 atom stereocenters. The molecule has 0 amide bonds. The summed E-state index contributed by atoms with van der Waals surface area (Å²) in [6.45, 7) is 14.1. The van der Waals surface area contributed by atoms with Crippen LogP contribution in [-0.4, -0.2) is 18.0 Å². The third-order valence-electron chi connectivity index (χ3n) is 10.4. The zero-order valence-electron chi connectivity index (χ0n) is 32.6. The van der Waals surface area contributed by atoms with Crippen molar-refractivity contribution in [3.63, 3.8) is 0 Å². The second-order valence-corrected chi connectivity index (χ2v) is 22.1. The maximum absolute atomic E-state index is 6.17. The van der Waals surface area contributed by atoms with Gasteiger partial charge >= 0.3 is 0 Å². The summed E-state index contributed by atoms with van der Waals surface area (Å²) in [7, 11) is -1.36. The molecule has 4 aromatic carbocycles. The van der Waals surface area contributed by atoms with Crippen molar-refractivity contribution < 1.29 is 24.5 Å². The number of hydrogen-bond donors (Lipinski definition) is 0. The molecule has 1 fully saturated rings. The third-order valence-corrected chi connectivity index (χ3v) is 12.4.